The van der Waals surface area contributed by atoms with Crippen molar-refractivity contribution in [3.05, 3.63) is 84.7 Å². The van der Waals surface area contributed by atoms with E-state index in [9.17, 15) is 9.90 Å². The Labute approximate surface area is 225 Å². The molecule has 2 amide bonds. The largest absolute Gasteiger partial charge is 0.390 e. The van der Waals surface area contributed by atoms with Gasteiger partial charge in [-0.05, 0) is 55.5 Å². The van der Waals surface area contributed by atoms with E-state index in [-0.39, 0.29) is 12.1 Å². The van der Waals surface area contributed by atoms with Crippen LogP contribution in [0.25, 0.3) is 11.1 Å². The third-order valence-electron chi connectivity index (χ3n) is 7.78. The summed E-state index contributed by atoms with van der Waals surface area (Å²) in [6.45, 7) is 4.11. The van der Waals surface area contributed by atoms with Gasteiger partial charge in [-0.3, -0.25) is 9.88 Å². The van der Waals surface area contributed by atoms with Crippen LogP contribution in [0.4, 0.5) is 10.5 Å². The number of piperidine rings is 2. The zero-order valence-electron chi connectivity index (χ0n) is 22.0. The molecule has 1 aromatic heterocycles. The standard InChI is InChI=1S/C31H39N5O2/c37-27(23-36-18-7-6-14-30(36)25-11-8-17-32-21-25)22-35-19-15-26(16-20-35)33-31(38)34-29-13-5-4-12-28(29)24-9-2-1-3-10-24/h1-5,8-13,17,21,26-27,30,37H,6-7,14-16,18-20,22-23H2,(H2,33,34,38). The summed E-state index contributed by atoms with van der Waals surface area (Å²) >= 11 is 0. The predicted molar refractivity (Wildman–Crippen MR) is 152 cm³/mol. The molecule has 7 heteroatoms. The van der Waals surface area contributed by atoms with Gasteiger partial charge >= 0.3 is 6.03 Å². The average Bonchev–Trinajstić information content (AvgIpc) is 2.95. The van der Waals surface area contributed by atoms with Gasteiger partial charge in [0, 0.05) is 56.2 Å². The first-order valence-electron chi connectivity index (χ1n) is 13.9. The van der Waals surface area contributed by atoms with Crippen LogP contribution in [0, 0.1) is 0 Å². The number of urea groups is 1. The van der Waals surface area contributed by atoms with E-state index in [1.807, 2.05) is 73.1 Å². The molecule has 2 aliphatic heterocycles. The van der Waals surface area contributed by atoms with Gasteiger partial charge in [-0.25, -0.2) is 4.79 Å². The summed E-state index contributed by atoms with van der Waals surface area (Å²) in [4.78, 5) is 21.9. The number of carbonyl (C=O) groups excluding carboxylic acids is 1. The van der Waals surface area contributed by atoms with Crippen LogP contribution in [-0.4, -0.2) is 70.8 Å². The molecule has 3 N–H and O–H groups in total. The number of nitrogens with one attached hydrogen (secondary N) is 2. The van der Waals surface area contributed by atoms with Crippen LogP contribution in [0.2, 0.25) is 0 Å². The second-order valence-electron chi connectivity index (χ2n) is 10.5. The molecule has 2 aromatic carbocycles. The Kier molecular flexibility index (Phi) is 9.02. The van der Waals surface area contributed by atoms with Crippen molar-refractivity contribution in [1.82, 2.24) is 20.1 Å². The van der Waals surface area contributed by atoms with E-state index in [1.54, 1.807) is 0 Å². The molecular weight excluding hydrogens is 474 g/mol. The Morgan fingerprint density at radius 2 is 1.71 bits per heavy atom. The molecule has 0 bridgehead atoms. The Morgan fingerprint density at radius 1 is 0.921 bits per heavy atom. The smallest absolute Gasteiger partial charge is 0.319 e. The summed E-state index contributed by atoms with van der Waals surface area (Å²) in [6.07, 6.45) is 8.66. The zero-order valence-corrected chi connectivity index (χ0v) is 22.0. The molecule has 2 fully saturated rings. The van der Waals surface area contributed by atoms with Gasteiger partial charge in [0.05, 0.1) is 11.8 Å². The Balaban J connectivity index is 1.07. The first-order chi connectivity index (χ1) is 18.7. The SMILES string of the molecule is O=C(Nc1ccccc1-c1ccccc1)NC1CCN(CC(O)CN2CCCCC2c2cccnc2)CC1. The molecule has 0 radical (unpaired) electrons. The summed E-state index contributed by atoms with van der Waals surface area (Å²) in [6, 6.07) is 22.4. The van der Waals surface area contributed by atoms with Crippen LogP contribution in [0.5, 0.6) is 0 Å². The lowest BCUT2D eigenvalue weighted by Crippen LogP contribution is -2.49. The van der Waals surface area contributed by atoms with Crippen LogP contribution >= 0.6 is 0 Å². The van der Waals surface area contributed by atoms with E-state index in [2.05, 4.69) is 31.5 Å². The van der Waals surface area contributed by atoms with Crippen molar-refractivity contribution in [3.8, 4) is 11.1 Å². The highest BCUT2D eigenvalue weighted by Crippen LogP contribution is 2.31. The van der Waals surface area contributed by atoms with Crippen molar-refractivity contribution >= 4 is 11.7 Å². The summed E-state index contributed by atoms with van der Waals surface area (Å²) in [5.41, 5.74) is 4.13. The number of carbonyl (C=O) groups is 1. The highest BCUT2D eigenvalue weighted by molar-refractivity contribution is 5.94. The fourth-order valence-corrected chi connectivity index (χ4v) is 5.85. The molecule has 2 unspecified atom stereocenters. The van der Waals surface area contributed by atoms with Crippen molar-refractivity contribution in [2.24, 2.45) is 0 Å². The van der Waals surface area contributed by atoms with Crippen LogP contribution in [0.3, 0.4) is 0 Å². The highest BCUT2D eigenvalue weighted by Gasteiger charge is 2.28. The molecule has 3 heterocycles. The number of amides is 2. The Hall–Kier alpha value is -3.26. The molecular formula is C31H39N5O2. The van der Waals surface area contributed by atoms with Crippen LogP contribution in [0.1, 0.15) is 43.7 Å². The number of aliphatic hydroxyl groups excluding tert-OH is 1. The summed E-state index contributed by atoms with van der Waals surface area (Å²) in [5, 5.41) is 17.1. The fraction of sp³-hybridized carbons (Fsp3) is 0.419. The number of benzene rings is 2. The van der Waals surface area contributed by atoms with Gasteiger partial charge in [-0.2, -0.15) is 0 Å². The second-order valence-corrected chi connectivity index (χ2v) is 10.5. The van der Waals surface area contributed by atoms with E-state index in [0.29, 0.717) is 19.1 Å². The molecule has 5 rings (SSSR count). The van der Waals surface area contributed by atoms with E-state index in [4.69, 9.17) is 0 Å². The average molecular weight is 514 g/mol. The van der Waals surface area contributed by atoms with Gasteiger partial charge < -0.3 is 20.6 Å². The molecule has 7 nitrogen and oxygen atoms in total. The second kappa shape index (κ2) is 13.0. The first-order valence-corrected chi connectivity index (χ1v) is 13.9. The monoisotopic (exact) mass is 513 g/mol. The number of β-amino-alcohol motifs (C(OH)–C–C–N with tert-alkyl or cyclic N) is 1. The minimum atomic E-state index is -0.394. The van der Waals surface area contributed by atoms with Gasteiger partial charge in [0.1, 0.15) is 0 Å². The number of rotatable bonds is 8. The Morgan fingerprint density at radius 3 is 2.50 bits per heavy atom. The quantitative estimate of drug-likeness (QED) is 0.398. The van der Waals surface area contributed by atoms with Crippen molar-refractivity contribution < 1.29 is 9.90 Å². The molecule has 0 aliphatic carbocycles. The number of aliphatic hydroxyl groups is 1. The number of anilines is 1. The molecule has 200 valence electrons. The lowest BCUT2D eigenvalue weighted by Gasteiger charge is -2.38. The topological polar surface area (TPSA) is 80.7 Å². The first kappa shape index (κ1) is 26.4. The number of hydrogen-bond donors (Lipinski definition) is 3. The maximum absolute atomic E-state index is 12.8. The number of pyridine rings is 1. The van der Waals surface area contributed by atoms with Crippen LogP contribution in [0.15, 0.2) is 79.1 Å². The lowest BCUT2D eigenvalue weighted by molar-refractivity contribution is 0.0378. The minimum absolute atomic E-state index is 0.129. The summed E-state index contributed by atoms with van der Waals surface area (Å²) < 4.78 is 0. The van der Waals surface area contributed by atoms with E-state index < -0.39 is 6.10 Å². The molecule has 2 atom stereocenters. The molecule has 3 aromatic rings. The maximum atomic E-state index is 12.8. The summed E-state index contributed by atoms with van der Waals surface area (Å²) in [7, 11) is 0. The molecule has 0 spiro atoms. The van der Waals surface area contributed by atoms with Crippen molar-refractivity contribution in [3.63, 3.8) is 0 Å². The fourth-order valence-electron chi connectivity index (χ4n) is 5.85. The van der Waals surface area contributed by atoms with Crippen LogP contribution in [-0.2, 0) is 0 Å². The van der Waals surface area contributed by atoms with E-state index in [0.717, 1.165) is 55.7 Å². The predicted octanol–water partition coefficient (Wildman–Crippen LogP) is 4.92. The number of hydrogen-bond acceptors (Lipinski definition) is 5. The maximum Gasteiger partial charge on any atom is 0.319 e. The third-order valence-corrected chi connectivity index (χ3v) is 7.78. The van der Waals surface area contributed by atoms with Crippen molar-refractivity contribution in [2.45, 2.75) is 50.3 Å². The van der Waals surface area contributed by atoms with Crippen molar-refractivity contribution in [2.75, 3.05) is 38.0 Å². The number of para-hydroxylation sites is 1. The third kappa shape index (κ3) is 6.98. The van der Waals surface area contributed by atoms with Gasteiger partial charge in [0.15, 0.2) is 0 Å². The van der Waals surface area contributed by atoms with Gasteiger partial charge in [0.25, 0.3) is 0 Å². The molecule has 2 aliphatic rings. The van der Waals surface area contributed by atoms with Crippen LogP contribution < -0.4 is 10.6 Å². The minimum Gasteiger partial charge on any atom is -0.390 e. The highest BCUT2D eigenvalue weighted by atomic mass is 16.3. The Bertz CT molecular complexity index is 1150. The zero-order chi connectivity index (χ0) is 26.2. The normalized spacial score (nSPS) is 20.1. The van der Waals surface area contributed by atoms with Crippen molar-refractivity contribution in [1.29, 1.82) is 0 Å². The van der Waals surface area contributed by atoms with Gasteiger partial charge in [-0.15, -0.1) is 0 Å². The van der Waals surface area contributed by atoms with E-state index in [1.165, 1.54) is 18.4 Å². The number of likely N-dealkylation sites (tertiary alicyclic amines) is 2. The number of aromatic nitrogens is 1. The molecule has 0 saturated carbocycles. The molecule has 38 heavy (non-hydrogen) atoms. The van der Waals surface area contributed by atoms with Gasteiger partial charge in [-0.1, -0.05) is 61.0 Å². The van der Waals surface area contributed by atoms with E-state index >= 15 is 0 Å². The molecule has 2 saturated heterocycles. The lowest BCUT2D eigenvalue weighted by atomic mass is 9.96. The summed E-state index contributed by atoms with van der Waals surface area (Å²) in [5.74, 6) is 0. The number of nitrogens with zero attached hydrogens (tertiary/aromatic N) is 3. The van der Waals surface area contributed by atoms with Gasteiger partial charge in [0.2, 0.25) is 0 Å².